The van der Waals surface area contributed by atoms with Crippen LogP contribution in [0.1, 0.15) is 46.5 Å². The molecule has 1 nitrogen and oxygen atoms in total. The van der Waals surface area contributed by atoms with Crippen LogP contribution in [0.15, 0.2) is 0 Å². The van der Waals surface area contributed by atoms with E-state index in [4.69, 9.17) is 0 Å². The average Bonchev–Trinajstić information content (AvgIpc) is 2.74. The van der Waals surface area contributed by atoms with Gasteiger partial charge in [-0.15, -0.1) is 0 Å². The van der Waals surface area contributed by atoms with Crippen LogP contribution in [0.2, 0.25) is 0 Å². The van der Waals surface area contributed by atoms with E-state index in [1.807, 2.05) is 0 Å². The Morgan fingerprint density at radius 1 is 1.38 bits per heavy atom. The maximum Gasteiger partial charge on any atom is 0.00111 e. The molecule has 1 aliphatic carbocycles. The van der Waals surface area contributed by atoms with E-state index in [-0.39, 0.29) is 0 Å². The molecule has 0 amide bonds. The number of hydrogen-bond acceptors (Lipinski definition) is 1. The number of nitrogens with one attached hydrogen (secondary N) is 1. The van der Waals surface area contributed by atoms with Gasteiger partial charge in [-0.05, 0) is 42.6 Å². The van der Waals surface area contributed by atoms with E-state index in [2.05, 4.69) is 26.1 Å². The van der Waals surface area contributed by atoms with Crippen LogP contribution in [-0.4, -0.2) is 13.1 Å². The molecule has 2 aliphatic rings. The monoisotopic (exact) mass is 181 g/mol. The van der Waals surface area contributed by atoms with Gasteiger partial charge < -0.3 is 5.32 Å². The second-order valence-corrected chi connectivity index (χ2v) is 5.91. The van der Waals surface area contributed by atoms with E-state index < -0.39 is 0 Å². The van der Waals surface area contributed by atoms with Gasteiger partial charge >= 0.3 is 0 Å². The zero-order valence-corrected chi connectivity index (χ0v) is 9.32. The molecule has 1 atom stereocenters. The summed E-state index contributed by atoms with van der Waals surface area (Å²) >= 11 is 0. The molecular weight excluding hydrogens is 158 g/mol. The Bertz CT molecular complexity index is 191. The fourth-order valence-electron chi connectivity index (χ4n) is 2.70. The Kier molecular flexibility index (Phi) is 2.18. The number of rotatable bonds is 3. The standard InChI is InChI=1S/C12H23N/c1-4-11(2,3)7-10-8-13-9-12(10)5-6-12/h10,13H,4-9H2,1-3H3. The predicted molar refractivity (Wildman–Crippen MR) is 56.7 cm³/mol. The van der Waals surface area contributed by atoms with Gasteiger partial charge in [-0.25, -0.2) is 0 Å². The molecule has 1 aliphatic heterocycles. The molecule has 1 heterocycles. The summed E-state index contributed by atoms with van der Waals surface area (Å²) in [6, 6.07) is 0. The minimum atomic E-state index is 0.562. The molecule has 0 aromatic rings. The van der Waals surface area contributed by atoms with Crippen LogP contribution in [0, 0.1) is 16.7 Å². The predicted octanol–water partition coefficient (Wildman–Crippen LogP) is 2.81. The van der Waals surface area contributed by atoms with Crippen molar-refractivity contribution in [3.8, 4) is 0 Å². The van der Waals surface area contributed by atoms with Gasteiger partial charge in [0.1, 0.15) is 0 Å². The highest BCUT2D eigenvalue weighted by atomic mass is 15.0. The quantitative estimate of drug-likeness (QED) is 0.706. The summed E-state index contributed by atoms with van der Waals surface area (Å²) in [6.07, 6.45) is 5.73. The molecule has 2 fully saturated rings. The normalized spacial score (nSPS) is 31.2. The van der Waals surface area contributed by atoms with E-state index in [0.717, 1.165) is 11.3 Å². The molecule has 1 saturated heterocycles. The lowest BCUT2D eigenvalue weighted by atomic mass is 9.76. The molecule has 0 aromatic carbocycles. The highest BCUT2D eigenvalue weighted by Gasteiger charge is 2.52. The summed E-state index contributed by atoms with van der Waals surface area (Å²) in [5.74, 6) is 0.974. The number of hydrogen-bond donors (Lipinski definition) is 1. The first kappa shape index (κ1) is 9.51. The van der Waals surface area contributed by atoms with Gasteiger partial charge in [0.25, 0.3) is 0 Å². The first-order valence-electron chi connectivity index (χ1n) is 5.79. The molecule has 13 heavy (non-hydrogen) atoms. The maximum absolute atomic E-state index is 3.57. The molecule has 76 valence electrons. The van der Waals surface area contributed by atoms with Gasteiger partial charge in [0.2, 0.25) is 0 Å². The van der Waals surface area contributed by atoms with Crippen molar-refractivity contribution >= 4 is 0 Å². The summed E-state index contributed by atoms with van der Waals surface area (Å²) < 4.78 is 0. The van der Waals surface area contributed by atoms with Crippen molar-refractivity contribution in [2.45, 2.75) is 46.5 Å². The summed E-state index contributed by atoms with van der Waals surface area (Å²) in [5, 5.41) is 3.57. The van der Waals surface area contributed by atoms with Crippen molar-refractivity contribution in [3.63, 3.8) is 0 Å². The third-order valence-electron chi connectivity index (χ3n) is 4.38. The third kappa shape index (κ3) is 1.76. The topological polar surface area (TPSA) is 12.0 Å². The summed E-state index contributed by atoms with van der Waals surface area (Å²) in [5.41, 5.74) is 1.32. The molecule has 2 rings (SSSR count). The SMILES string of the molecule is CCC(C)(C)CC1CNCC12CC2. The fraction of sp³-hybridized carbons (Fsp3) is 1.00. The van der Waals surface area contributed by atoms with E-state index in [1.165, 1.54) is 38.8 Å². The summed E-state index contributed by atoms with van der Waals surface area (Å²) in [6.45, 7) is 9.74. The van der Waals surface area contributed by atoms with Gasteiger partial charge in [0.15, 0.2) is 0 Å². The highest BCUT2D eigenvalue weighted by Crippen LogP contribution is 2.56. The van der Waals surface area contributed by atoms with Crippen molar-refractivity contribution in [2.75, 3.05) is 13.1 Å². The Morgan fingerprint density at radius 3 is 2.62 bits per heavy atom. The van der Waals surface area contributed by atoms with Crippen molar-refractivity contribution in [1.82, 2.24) is 5.32 Å². The van der Waals surface area contributed by atoms with E-state index >= 15 is 0 Å². The molecule has 1 spiro atoms. The lowest BCUT2D eigenvalue weighted by Gasteiger charge is -2.29. The lowest BCUT2D eigenvalue weighted by Crippen LogP contribution is -2.22. The van der Waals surface area contributed by atoms with Crippen LogP contribution in [0.3, 0.4) is 0 Å². The Morgan fingerprint density at radius 2 is 2.08 bits per heavy atom. The van der Waals surface area contributed by atoms with Gasteiger partial charge in [-0.2, -0.15) is 0 Å². The molecule has 0 bridgehead atoms. The molecule has 1 N–H and O–H groups in total. The van der Waals surface area contributed by atoms with Crippen molar-refractivity contribution < 1.29 is 0 Å². The summed E-state index contributed by atoms with van der Waals surface area (Å²) in [7, 11) is 0. The largest absolute Gasteiger partial charge is 0.316 e. The fourth-order valence-corrected chi connectivity index (χ4v) is 2.70. The molecule has 1 unspecified atom stereocenters. The average molecular weight is 181 g/mol. The summed E-state index contributed by atoms with van der Waals surface area (Å²) in [4.78, 5) is 0. The smallest absolute Gasteiger partial charge is 0.00111 e. The second-order valence-electron chi connectivity index (χ2n) is 5.91. The molecule has 1 heteroatoms. The van der Waals surface area contributed by atoms with Gasteiger partial charge in [-0.1, -0.05) is 27.2 Å². The van der Waals surface area contributed by atoms with E-state index in [0.29, 0.717) is 5.41 Å². The van der Waals surface area contributed by atoms with Crippen LogP contribution >= 0.6 is 0 Å². The van der Waals surface area contributed by atoms with E-state index in [1.54, 1.807) is 0 Å². The van der Waals surface area contributed by atoms with Crippen LogP contribution in [0.5, 0.6) is 0 Å². The Labute approximate surface area is 82.3 Å². The van der Waals surface area contributed by atoms with E-state index in [9.17, 15) is 0 Å². The lowest BCUT2D eigenvalue weighted by molar-refractivity contribution is 0.223. The van der Waals surface area contributed by atoms with Gasteiger partial charge in [0, 0.05) is 6.54 Å². The third-order valence-corrected chi connectivity index (χ3v) is 4.38. The second kappa shape index (κ2) is 2.98. The van der Waals surface area contributed by atoms with Crippen molar-refractivity contribution in [3.05, 3.63) is 0 Å². The minimum Gasteiger partial charge on any atom is -0.316 e. The van der Waals surface area contributed by atoms with Crippen LogP contribution in [-0.2, 0) is 0 Å². The first-order valence-corrected chi connectivity index (χ1v) is 5.79. The first-order chi connectivity index (χ1) is 6.08. The minimum absolute atomic E-state index is 0.562. The maximum atomic E-state index is 3.57. The zero-order valence-electron chi connectivity index (χ0n) is 9.32. The Hall–Kier alpha value is -0.0400. The molecule has 1 saturated carbocycles. The Balaban J connectivity index is 1.94. The highest BCUT2D eigenvalue weighted by molar-refractivity contribution is 5.05. The van der Waals surface area contributed by atoms with Crippen LogP contribution < -0.4 is 5.32 Å². The van der Waals surface area contributed by atoms with Crippen LogP contribution in [0.25, 0.3) is 0 Å². The molecular formula is C12H23N. The van der Waals surface area contributed by atoms with Gasteiger partial charge in [-0.3, -0.25) is 0 Å². The molecule has 0 aromatic heterocycles. The molecule has 0 radical (unpaired) electrons. The van der Waals surface area contributed by atoms with Gasteiger partial charge in [0.05, 0.1) is 0 Å². The zero-order chi connectivity index (χ0) is 9.53. The van der Waals surface area contributed by atoms with Crippen molar-refractivity contribution in [1.29, 1.82) is 0 Å². The van der Waals surface area contributed by atoms with Crippen LogP contribution in [0.4, 0.5) is 0 Å². The van der Waals surface area contributed by atoms with Crippen molar-refractivity contribution in [2.24, 2.45) is 16.7 Å².